The van der Waals surface area contributed by atoms with Crippen LogP contribution in [-0.4, -0.2) is 47.3 Å². The van der Waals surface area contributed by atoms with Crippen molar-refractivity contribution in [3.8, 4) is 0 Å². The molecule has 0 aromatic carbocycles. The largest absolute Gasteiger partial charge is 0.409 e. The van der Waals surface area contributed by atoms with Gasteiger partial charge in [-0.15, -0.1) is 0 Å². The SMILES string of the molecule is NC(CN1C[C@H]2CCC[C@]2(CO)C1)=NO. The Morgan fingerprint density at radius 3 is 3.00 bits per heavy atom. The van der Waals surface area contributed by atoms with Gasteiger partial charge in [0.15, 0.2) is 5.84 Å². The Morgan fingerprint density at radius 1 is 1.60 bits per heavy atom. The third-order valence-electron chi connectivity index (χ3n) is 3.94. The Bertz CT molecular complexity index is 269. The zero-order valence-corrected chi connectivity index (χ0v) is 8.89. The molecule has 1 aliphatic carbocycles. The molecule has 1 heterocycles. The third kappa shape index (κ3) is 1.81. The molecule has 4 N–H and O–H groups in total. The van der Waals surface area contributed by atoms with Crippen molar-refractivity contribution in [1.29, 1.82) is 0 Å². The lowest BCUT2D eigenvalue weighted by Crippen LogP contribution is -2.35. The van der Waals surface area contributed by atoms with Crippen molar-refractivity contribution in [2.45, 2.75) is 19.3 Å². The van der Waals surface area contributed by atoms with Gasteiger partial charge in [-0.05, 0) is 18.8 Å². The highest BCUT2D eigenvalue weighted by molar-refractivity contribution is 5.81. The van der Waals surface area contributed by atoms with Gasteiger partial charge in [0.25, 0.3) is 0 Å². The van der Waals surface area contributed by atoms with Crippen LogP contribution in [-0.2, 0) is 0 Å². The molecular weight excluding hydrogens is 194 g/mol. The molecule has 2 fully saturated rings. The van der Waals surface area contributed by atoms with Crippen LogP contribution in [0.4, 0.5) is 0 Å². The Kier molecular flexibility index (Phi) is 2.84. The average Bonchev–Trinajstić information content (AvgIpc) is 2.74. The van der Waals surface area contributed by atoms with Gasteiger partial charge in [-0.2, -0.15) is 0 Å². The van der Waals surface area contributed by atoms with Crippen LogP contribution in [0, 0.1) is 11.3 Å². The first-order valence-electron chi connectivity index (χ1n) is 5.50. The van der Waals surface area contributed by atoms with Crippen LogP contribution in [0.2, 0.25) is 0 Å². The van der Waals surface area contributed by atoms with Crippen LogP contribution in [0.5, 0.6) is 0 Å². The number of aliphatic hydroxyl groups is 1. The standard InChI is InChI=1S/C10H19N3O2/c11-9(12-15)5-13-4-8-2-1-3-10(8,6-13)7-14/h8,14-15H,1-7H2,(H2,11,12)/t8-,10-/m1/s1. The van der Waals surface area contributed by atoms with Gasteiger partial charge in [0.05, 0.1) is 13.2 Å². The second-order valence-electron chi connectivity index (χ2n) is 4.87. The number of nitrogens with zero attached hydrogens (tertiary/aromatic N) is 2. The van der Waals surface area contributed by atoms with Gasteiger partial charge in [-0.1, -0.05) is 11.6 Å². The molecule has 0 bridgehead atoms. The third-order valence-corrected chi connectivity index (χ3v) is 3.94. The number of amidine groups is 1. The molecule has 0 aromatic heterocycles. The molecular formula is C10H19N3O2. The summed E-state index contributed by atoms with van der Waals surface area (Å²) in [6, 6.07) is 0. The molecule has 1 saturated carbocycles. The minimum Gasteiger partial charge on any atom is -0.409 e. The molecule has 2 rings (SSSR count). The average molecular weight is 213 g/mol. The summed E-state index contributed by atoms with van der Waals surface area (Å²) in [6.07, 6.45) is 3.54. The van der Waals surface area contributed by atoms with Gasteiger partial charge in [0.1, 0.15) is 0 Å². The van der Waals surface area contributed by atoms with Gasteiger partial charge in [-0.3, -0.25) is 4.90 Å². The quantitative estimate of drug-likeness (QED) is 0.263. The first-order valence-corrected chi connectivity index (χ1v) is 5.50. The van der Waals surface area contributed by atoms with Crippen molar-refractivity contribution >= 4 is 5.84 Å². The number of likely N-dealkylation sites (tertiary alicyclic amines) is 1. The van der Waals surface area contributed by atoms with Crippen molar-refractivity contribution in [3.05, 3.63) is 0 Å². The summed E-state index contributed by atoms with van der Waals surface area (Å²) in [5, 5.41) is 21.0. The second-order valence-corrected chi connectivity index (χ2v) is 4.87. The van der Waals surface area contributed by atoms with E-state index >= 15 is 0 Å². The summed E-state index contributed by atoms with van der Waals surface area (Å²) in [5.74, 6) is 0.844. The Hall–Kier alpha value is -0.810. The minimum atomic E-state index is 0.0930. The van der Waals surface area contributed by atoms with E-state index < -0.39 is 0 Å². The zero-order chi connectivity index (χ0) is 10.9. The summed E-state index contributed by atoms with van der Waals surface area (Å²) < 4.78 is 0. The lowest BCUT2D eigenvalue weighted by atomic mass is 9.82. The van der Waals surface area contributed by atoms with Crippen LogP contribution in [0.25, 0.3) is 0 Å². The highest BCUT2D eigenvalue weighted by atomic mass is 16.4. The Balaban J connectivity index is 1.99. The van der Waals surface area contributed by atoms with Gasteiger partial charge >= 0.3 is 0 Å². The van der Waals surface area contributed by atoms with E-state index in [1.54, 1.807) is 0 Å². The fraction of sp³-hybridized carbons (Fsp3) is 0.900. The van der Waals surface area contributed by atoms with E-state index in [1.165, 1.54) is 12.8 Å². The van der Waals surface area contributed by atoms with Crippen molar-refractivity contribution in [1.82, 2.24) is 4.90 Å². The van der Waals surface area contributed by atoms with Crippen molar-refractivity contribution in [2.24, 2.45) is 22.2 Å². The Morgan fingerprint density at radius 2 is 2.40 bits per heavy atom. The summed E-state index contributed by atoms with van der Waals surface area (Å²) in [4.78, 5) is 2.18. The van der Waals surface area contributed by atoms with E-state index in [2.05, 4.69) is 10.1 Å². The number of rotatable bonds is 3. The molecule has 5 nitrogen and oxygen atoms in total. The Labute approximate surface area is 89.5 Å². The predicted molar refractivity (Wildman–Crippen MR) is 56.7 cm³/mol. The maximum Gasteiger partial charge on any atom is 0.153 e. The topological polar surface area (TPSA) is 82.1 Å². The monoisotopic (exact) mass is 213 g/mol. The van der Waals surface area contributed by atoms with E-state index in [0.29, 0.717) is 12.5 Å². The minimum absolute atomic E-state index is 0.0930. The molecule has 0 unspecified atom stereocenters. The number of oxime groups is 1. The maximum absolute atomic E-state index is 9.50. The van der Waals surface area contributed by atoms with Crippen molar-refractivity contribution < 1.29 is 10.3 Å². The molecule has 1 saturated heterocycles. The van der Waals surface area contributed by atoms with Gasteiger partial charge < -0.3 is 16.0 Å². The van der Waals surface area contributed by atoms with E-state index in [9.17, 15) is 5.11 Å². The van der Waals surface area contributed by atoms with Crippen molar-refractivity contribution in [2.75, 3.05) is 26.2 Å². The van der Waals surface area contributed by atoms with E-state index in [1.807, 2.05) is 0 Å². The number of fused-ring (bicyclic) bond motifs is 1. The molecule has 0 radical (unpaired) electrons. The summed E-state index contributed by atoms with van der Waals surface area (Å²) in [6.45, 7) is 2.63. The number of nitrogens with two attached hydrogens (primary N) is 1. The van der Waals surface area contributed by atoms with E-state index in [0.717, 1.165) is 19.5 Å². The molecule has 15 heavy (non-hydrogen) atoms. The molecule has 2 aliphatic rings. The van der Waals surface area contributed by atoms with Crippen LogP contribution >= 0.6 is 0 Å². The van der Waals surface area contributed by atoms with Gasteiger partial charge in [0, 0.05) is 18.5 Å². The zero-order valence-electron chi connectivity index (χ0n) is 8.89. The lowest BCUT2D eigenvalue weighted by Gasteiger charge is -2.26. The lowest BCUT2D eigenvalue weighted by molar-refractivity contribution is 0.113. The van der Waals surface area contributed by atoms with Crippen LogP contribution in [0.3, 0.4) is 0 Å². The van der Waals surface area contributed by atoms with Crippen molar-refractivity contribution in [3.63, 3.8) is 0 Å². The molecule has 2 atom stereocenters. The maximum atomic E-state index is 9.50. The van der Waals surface area contributed by atoms with Crippen LogP contribution < -0.4 is 5.73 Å². The molecule has 1 aliphatic heterocycles. The highest BCUT2D eigenvalue weighted by Crippen LogP contribution is 2.48. The molecule has 86 valence electrons. The fourth-order valence-electron chi connectivity index (χ4n) is 3.16. The number of aliphatic hydroxyl groups excluding tert-OH is 1. The summed E-state index contributed by atoms with van der Waals surface area (Å²) in [5.41, 5.74) is 5.58. The molecule has 5 heteroatoms. The van der Waals surface area contributed by atoms with Crippen LogP contribution in [0.15, 0.2) is 5.16 Å². The summed E-state index contributed by atoms with van der Waals surface area (Å²) in [7, 11) is 0. The van der Waals surface area contributed by atoms with Gasteiger partial charge in [0.2, 0.25) is 0 Å². The molecule has 0 amide bonds. The smallest absolute Gasteiger partial charge is 0.153 e. The normalized spacial score (nSPS) is 37.1. The van der Waals surface area contributed by atoms with E-state index in [-0.39, 0.29) is 17.9 Å². The first-order chi connectivity index (χ1) is 7.20. The molecule has 0 spiro atoms. The molecule has 0 aromatic rings. The van der Waals surface area contributed by atoms with Crippen LogP contribution in [0.1, 0.15) is 19.3 Å². The van der Waals surface area contributed by atoms with E-state index in [4.69, 9.17) is 10.9 Å². The highest BCUT2D eigenvalue weighted by Gasteiger charge is 2.48. The summed E-state index contributed by atoms with van der Waals surface area (Å²) >= 11 is 0. The first kappa shape index (κ1) is 10.7. The van der Waals surface area contributed by atoms with Gasteiger partial charge in [-0.25, -0.2) is 0 Å². The predicted octanol–water partition coefficient (Wildman–Crippen LogP) is -0.173. The number of hydrogen-bond donors (Lipinski definition) is 3. The number of hydrogen-bond acceptors (Lipinski definition) is 4. The second kappa shape index (κ2) is 3.98. The fourth-order valence-corrected chi connectivity index (χ4v) is 3.16.